The molecule has 1 aliphatic heterocycles. The van der Waals surface area contributed by atoms with Crippen LogP contribution in [0.25, 0.3) is 16.6 Å². The molecule has 0 aliphatic carbocycles. The Kier molecular flexibility index (Phi) is 4.92. The van der Waals surface area contributed by atoms with Crippen molar-refractivity contribution < 1.29 is 4.74 Å². The van der Waals surface area contributed by atoms with Gasteiger partial charge in [0, 0.05) is 60.2 Å². The second-order valence-electron chi connectivity index (χ2n) is 8.42. The highest BCUT2D eigenvalue weighted by Crippen LogP contribution is 2.39. The molecule has 0 fully saturated rings. The van der Waals surface area contributed by atoms with Crippen LogP contribution in [0.2, 0.25) is 0 Å². The number of nitrogens with zero attached hydrogens (tertiary/aromatic N) is 4. The maximum absolute atomic E-state index is 5.50. The summed E-state index contributed by atoms with van der Waals surface area (Å²) in [5.41, 5.74) is 7.27. The average molecular weight is 436 g/mol. The molecule has 1 N–H and O–H groups in total. The minimum absolute atomic E-state index is 0.0955. The number of benzene rings is 1. The number of hydrogen-bond donors (Lipinski definition) is 1. The van der Waals surface area contributed by atoms with E-state index in [0.29, 0.717) is 0 Å². The van der Waals surface area contributed by atoms with Crippen LogP contribution in [0.4, 0.5) is 0 Å². The van der Waals surface area contributed by atoms with E-state index in [4.69, 9.17) is 4.74 Å². The van der Waals surface area contributed by atoms with Crippen LogP contribution in [-0.4, -0.2) is 38.1 Å². The molecule has 1 aliphatic rings. The number of nitrogens with one attached hydrogen (secondary N) is 1. The van der Waals surface area contributed by atoms with Crippen LogP contribution in [0.5, 0.6) is 5.75 Å². The third-order valence-corrected chi connectivity index (χ3v) is 6.56. The molecule has 6 heteroatoms. The normalized spacial score (nSPS) is 16.1. The standard InChI is InChI=1S/C27H25N5O/c1-33-22-8-9-25-24(15-22)23-10-14-31(27(26(23)30-25)19-5-2-11-28-16-19)18-21-7-4-13-32(21)20-6-3-12-29-17-20/h2-9,11-13,15-17,27,30H,10,14,18H2,1H3. The predicted octanol–water partition coefficient (Wildman–Crippen LogP) is 4.90. The van der Waals surface area contributed by atoms with E-state index in [1.807, 2.05) is 43.0 Å². The molecule has 0 bridgehead atoms. The summed E-state index contributed by atoms with van der Waals surface area (Å²) in [4.78, 5) is 15.0. The van der Waals surface area contributed by atoms with Crippen LogP contribution < -0.4 is 4.74 Å². The Hall–Kier alpha value is -3.90. The van der Waals surface area contributed by atoms with Crippen molar-refractivity contribution >= 4 is 10.9 Å². The van der Waals surface area contributed by atoms with Crippen molar-refractivity contribution in [1.29, 1.82) is 0 Å². The second-order valence-corrected chi connectivity index (χ2v) is 8.42. The first-order chi connectivity index (χ1) is 16.3. The van der Waals surface area contributed by atoms with Crippen molar-refractivity contribution in [3.63, 3.8) is 0 Å². The molecule has 1 aromatic carbocycles. The number of hydrogen-bond acceptors (Lipinski definition) is 4. The molecular formula is C27H25N5O. The lowest BCUT2D eigenvalue weighted by atomic mass is 9.93. The first-order valence-corrected chi connectivity index (χ1v) is 11.2. The molecule has 0 saturated heterocycles. The number of ether oxygens (including phenoxy) is 1. The lowest BCUT2D eigenvalue weighted by Crippen LogP contribution is -2.36. The van der Waals surface area contributed by atoms with Crippen LogP contribution in [0.3, 0.4) is 0 Å². The molecule has 1 unspecified atom stereocenters. The van der Waals surface area contributed by atoms with Crippen molar-refractivity contribution in [3.05, 3.63) is 108 Å². The van der Waals surface area contributed by atoms with Gasteiger partial charge in [0.25, 0.3) is 0 Å². The van der Waals surface area contributed by atoms with Gasteiger partial charge in [-0.1, -0.05) is 6.07 Å². The van der Waals surface area contributed by atoms with Gasteiger partial charge >= 0.3 is 0 Å². The van der Waals surface area contributed by atoms with Crippen molar-refractivity contribution in [3.8, 4) is 11.4 Å². The number of H-pyrrole nitrogens is 1. The van der Waals surface area contributed by atoms with Crippen molar-refractivity contribution in [2.45, 2.75) is 19.0 Å². The third-order valence-electron chi connectivity index (χ3n) is 6.56. The molecular weight excluding hydrogens is 410 g/mol. The van der Waals surface area contributed by atoms with Crippen molar-refractivity contribution in [1.82, 2.24) is 24.4 Å². The van der Waals surface area contributed by atoms with Crippen molar-refractivity contribution in [2.24, 2.45) is 0 Å². The summed E-state index contributed by atoms with van der Waals surface area (Å²) >= 11 is 0. The first kappa shape index (κ1) is 19.8. The van der Waals surface area contributed by atoms with Crippen molar-refractivity contribution in [2.75, 3.05) is 13.7 Å². The van der Waals surface area contributed by atoms with Gasteiger partial charge in [-0.2, -0.15) is 0 Å². The molecule has 0 amide bonds. The Balaban J connectivity index is 1.43. The van der Waals surface area contributed by atoms with Gasteiger partial charge in [-0.15, -0.1) is 0 Å². The topological polar surface area (TPSA) is 59.0 Å². The molecule has 6 nitrogen and oxygen atoms in total. The van der Waals surface area contributed by atoms with Gasteiger partial charge in [-0.05, 0) is 66.1 Å². The Bertz CT molecular complexity index is 1390. The van der Waals surface area contributed by atoms with Gasteiger partial charge < -0.3 is 14.3 Å². The number of methoxy groups -OCH3 is 1. The summed E-state index contributed by atoms with van der Waals surface area (Å²) in [7, 11) is 1.72. The van der Waals surface area contributed by atoms with Crippen LogP contribution in [-0.2, 0) is 13.0 Å². The smallest absolute Gasteiger partial charge is 0.119 e. The fraction of sp³-hybridized carbons (Fsp3) is 0.185. The van der Waals surface area contributed by atoms with Gasteiger partial charge in [0.2, 0.25) is 0 Å². The lowest BCUT2D eigenvalue weighted by Gasteiger charge is -2.36. The lowest BCUT2D eigenvalue weighted by molar-refractivity contribution is 0.198. The zero-order chi connectivity index (χ0) is 22.2. The number of aromatic amines is 1. The maximum atomic E-state index is 5.50. The average Bonchev–Trinajstić information content (AvgIpc) is 3.49. The van der Waals surface area contributed by atoms with Crippen LogP contribution >= 0.6 is 0 Å². The summed E-state index contributed by atoms with van der Waals surface area (Å²) in [5.74, 6) is 0.888. The molecule has 4 aromatic heterocycles. The number of aromatic nitrogens is 4. The third kappa shape index (κ3) is 3.49. The van der Waals surface area contributed by atoms with Crippen LogP contribution in [0.15, 0.2) is 85.6 Å². The monoisotopic (exact) mass is 435 g/mol. The van der Waals surface area contributed by atoms with Gasteiger partial charge in [-0.25, -0.2) is 0 Å². The molecule has 5 heterocycles. The van der Waals surface area contributed by atoms with E-state index in [-0.39, 0.29) is 6.04 Å². The second kappa shape index (κ2) is 8.22. The van der Waals surface area contributed by atoms with E-state index >= 15 is 0 Å². The van der Waals surface area contributed by atoms with E-state index in [0.717, 1.165) is 36.5 Å². The van der Waals surface area contributed by atoms with E-state index in [2.05, 4.69) is 67.0 Å². The largest absolute Gasteiger partial charge is 0.497 e. The van der Waals surface area contributed by atoms with E-state index in [1.165, 1.54) is 27.9 Å². The highest BCUT2D eigenvalue weighted by atomic mass is 16.5. The quantitative estimate of drug-likeness (QED) is 0.426. The summed E-state index contributed by atoms with van der Waals surface area (Å²) < 4.78 is 7.72. The summed E-state index contributed by atoms with van der Waals surface area (Å²) in [5, 5.41) is 1.25. The van der Waals surface area contributed by atoms with Gasteiger partial charge in [0.1, 0.15) is 5.75 Å². The highest BCUT2D eigenvalue weighted by Gasteiger charge is 2.32. The first-order valence-electron chi connectivity index (χ1n) is 11.2. The van der Waals surface area contributed by atoms with E-state index in [9.17, 15) is 0 Å². The van der Waals surface area contributed by atoms with Gasteiger partial charge in [0.05, 0.1) is 25.0 Å². The number of pyridine rings is 2. The Morgan fingerprint density at radius 1 is 1.03 bits per heavy atom. The van der Waals surface area contributed by atoms with Crippen LogP contribution in [0, 0.1) is 0 Å². The van der Waals surface area contributed by atoms with Gasteiger partial charge in [0.15, 0.2) is 0 Å². The minimum Gasteiger partial charge on any atom is -0.497 e. The molecule has 1 atom stereocenters. The summed E-state index contributed by atoms with van der Waals surface area (Å²) in [6.45, 7) is 1.77. The number of fused-ring (bicyclic) bond motifs is 3. The molecule has 6 rings (SSSR count). The molecule has 164 valence electrons. The van der Waals surface area contributed by atoms with Crippen LogP contribution in [0.1, 0.15) is 28.6 Å². The SMILES string of the molecule is COc1ccc2[nH]c3c(c2c1)CCN(Cc1cccn1-c1cccnc1)C3c1cccnc1. The van der Waals surface area contributed by atoms with E-state index in [1.54, 1.807) is 7.11 Å². The zero-order valence-electron chi connectivity index (χ0n) is 18.5. The number of rotatable bonds is 5. The van der Waals surface area contributed by atoms with E-state index < -0.39 is 0 Å². The molecule has 33 heavy (non-hydrogen) atoms. The summed E-state index contributed by atoms with van der Waals surface area (Å²) in [6.07, 6.45) is 10.6. The summed E-state index contributed by atoms with van der Waals surface area (Å²) in [6, 6.07) is 18.9. The maximum Gasteiger partial charge on any atom is 0.119 e. The zero-order valence-corrected chi connectivity index (χ0v) is 18.5. The Labute approximate surface area is 192 Å². The van der Waals surface area contributed by atoms with Gasteiger partial charge in [-0.3, -0.25) is 14.9 Å². The minimum atomic E-state index is 0.0955. The Morgan fingerprint density at radius 2 is 1.91 bits per heavy atom. The highest BCUT2D eigenvalue weighted by molar-refractivity contribution is 5.86. The fourth-order valence-corrected chi connectivity index (χ4v) is 5.03. The molecule has 5 aromatic rings. The Morgan fingerprint density at radius 3 is 2.70 bits per heavy atom. The predicted molar refractivity (Wildman–Crippen MR) is 129 cm³/mol. The molecule has 0 spiro atoms. The molecule has 0 radical (unpaired) electrons. The molecule has 0 saturated carbocycles. The fourth-order valence-electron chi connectivity index (χ4n) is 5.03.